The van der Waals surface area contributed by atoms with E-state index >= 15 is 0 Å². The van der Waals surface area contributed by atoms with Gasteiger partial charge in [-0.25, -0.2) is 9.59 Å². The van der Waals surface area contributed by atoms with Crippen molar-refractivity contribution in [2.75, 3.05) is 13.7 Å². The molecule has 2 aliphatic rings. The van der Waals surface area contributed by atoms with Crippen molar-refractivity contribution in [3.8, 4) is 0 Å². The number of nitrogens with zero attached hydrogens (tertiary/aromatic N) is 2. The average Bonchev–Trinajstić information content (AvgIpc) is 2.86. The minimum atomic E-state index is -0.848. The lowest BCUT2D eigenvalue weighted by Gasteiger charge is -2.28. The number of carbonyl (C=O) groups excluding carboxylic acids is 2. The highest BCUT2D eigenvalue weighted by atomic mass is 79.9. The van der Waals surface area contributed by atoms with Gasteiger partial charge in [0.05, 0.1) is 13.0 Å². The topological polar surface area (TPSA) is 77.4 Å². The summed E-state index contributed by atoms with van der Waals surface area (Å²) in [7, 11) is 1.27. The van der Waals surface area contributed by atoms with E-state index in [1.807, 2.05) is 0 Å². The number of hydrogen-bond donors (Lipinski definition) is 0. The molecule has 112 valence electrons. The Bertz CT molecular complexity index is 459. The molecule has 0 aliphatic carbocycles. The fourth-order valence-electron chi connectivity index (χ4n) is 2.24. The van der Waals surface area contributed by atoms with Crippen LogP contribution in [-0.4, -0.2) is 53.0 Å². The SMILES string of the molecule is COC(=O)[C@H]1[C@H]2ON=C(Br)[C@H]2CN1C(=O)OC(C)(C)C. The van der Waals surface area contributed by atoms with Crippen LogP contribution in [0.15, 0.2) is 5.16 Å². The Morgan fingerprint density at radius 2 is 2.10 bits per heavy atom. The zero-order valence-electron chi connectivity index (χ0n) is 11.8. The summed E-state index contributed by atoms with van der Waals surface area (Å²) < 4.78 is 10.7. The minimum absolute atomic E-state index is 0.174. The third-order valence-electron chi connectivity index (χ3n) is 3.08. The van der Waals surface area contributed by atoms with E-state index < -0.39 is 29.8 Å². The summed E-state index contributed by atoms with van der Waals surface area (Å²) in [6.45, 7) is 5.60. The summed E-state index contributed by atoms with van der Waals surface area (Å²) in [5.74, 6) is -0.715. The number of esters is 1. The molecule has 2 aliphatic heterocycles. The zero-order valence-corrected chi connectivity index (χ0v) is 13.3. The second kappa shape index (κ2) is 5.23. The largest absolute Gasteiger partial charge is 0.467 e. The van der Waals surface area contributed by atoms with Crippen molar-refractivity contribution in [3.05, 3.63) is 0 Å². The third-order valence-corrected chi connectivity index (χ3v) is 3.81. The Morgan fingerprint density at radius 1 is 1.45 bits per heavy atom. The van der Waals surface area contributed by atoms with Crippen LogP contribution >= 0.6 is 15.9 Å². The molecule has 2 heterocycles. The van der Waals surface area contributed by atoms with Crippen molar-refractivity contribution in [2.45, 2.75) is 38.5 Å². The average molecular weight is 349 g/mol. The molecule has 0 N–H and O–H groups in total. The number of fused-ring (bicyclic) bond motifs is 1. The number of halogens is 1. The predicted molar refractivity (Wildman–Crippen MR) is 73.5 cm³/mol. The van der Waals surface area contributed by atoms with E-state index in [1.165, 1.54) is 12.0 Å². The molecule has 0 saturated carbocycles. The molecule has 1 fully saturated rings. The van der Waals surface area contributed by atoms with Crippen LogP contribution < -0.4 is 0 Å². The molecule has 0 unspecified atom stereocenters. The standard InChI is InChI=1S/C12H17BrN2O5/c1-12(2,3)19-11(17)15-5-6-8(20-14-9(6)13)7(15)10(16)18-4/h6-8H,5H2,1-4H3/t6-,7+,8-/m0/s1. The first-order valence-electron chi connectivity index (χ1n) is 6.21. The Labute approximate surface area is 125 Å². The Hall–Kier alpha value is -1.31. The van der Waals surface area contributed by atoms with Crippen molar-refractivity contribution >= 4 is 32.6 Å². The van der Waals surface area contributed by atoms with Gasteiger partial charge in [-0.1, -0.05) is 5.16 Å². The molecule has 8 heteroatoms. The van der Waals surface area contributed by atoms with Crippen LogP contribution in [0.4, 0.5) is 4.79 Å². The smallest absolute Gasteiger partial charge is 0.411 e. The van der Waals surface area contributed by atoms with E-state index in [0.717, 1.165) is 0 Å². The van der Waals surface area contributed by atoms with Gasteiger partial charge in [0, 0.05) is 6.54 Å². The van der Waals surface area contributed by atoms with Gasteiger partial charge >= 0.3 is 12.1 Å². The summed E-state index contributed by atoms with van der Waals surface area (Å²) in [6, 6.07) is -0.848. The Kier molecular flexibility index (Phi) is 3.95. The fourth-order valence-corrected chi connectivity index (χ4v) is 2.73. The van der Waals surface area contributed by atoms with Crippen LogP contribution in [0.2, 0.25) is 0 Å². The molecular weight excluding hydrogens is 332 g/mol. The summed E-state index contributed by atoms with van der Waals surface area (Å²) in [5, 5.41) is 3.80. The number of oxime groups is 1. The lowest BCUT2D eigenvalue weighted by Crippen LogP contribution is -2.47. The lowest BCUT2D eigenvalue weighted by atomic mass is 10.0. The van der Waals surface area contributed by atoms with E-state index in [1.54, 1.807) is 20.8 Å². The molecule has 0 bridgehead atoms. The fraction of sp³-hybridized carbons (Fsp3) is 0.750. The van der Waals surface area contributed by atoms with Crippen molar-refractivity contribution in [2.24, 2.45) is 11.1 Å². The molecule has 1 amide bonds. The second-order valence-corrected chi connectivity index (χ2v) is 6.50. The highest BCUT2D eigenvalue weighted by Gasteiger charge is 2.55. The number of carbonyl (C=O) groups is 2. The number of hydrogen-bond acceptors (Lipinski definition) is 6. The van der Waals surface area contributed by atoms with Crippen LogP contribution in [0.3, 0.4) is 0 Å². The first kappa shape index (κ1) is 15.1. The van der Waals surface area contributed by atoms with Gasteiger partial charge in [-0.3, -0.25) is 4.90 Å². The molecule has 0 aromatic heterocycles. The summed E-state index contributed by atoms with van der Waals surface area (Å²) in [6.07, 6.45) is -1.10. The van der Waals surface area contributed by atoms with E-state index in [9.17, 15) is 9.59 Å². The molecule has 2 rings (SSSR count). The number of methoxy groups -OCH3 is 1. The van der Waals surface area contributed by atoms with Gasteiger partial charge in [0.25, 0.3) is 0 Å². The van der Waals surface area contributed by atoms with E-state index in [2.05, 4.69) is 21.1 Å². The Morgan fingerprint density at radius 3 is 2.65 bits per heavy atom. The third kappa shape index (κ3) is 2.74. The normalized spacial score (nSPS) is 28.6. The predicted octanol–water partition coefficient (Wildman–Crippen LogP) is 1.50. The molecule has 7 nitrogen and oxygen atoms in total. The van der Waals surface area contributed by atoms with E-state index in [-0.39, 0.29) is 5.92 Å². The molecule has 1 saturated heterocycles. The van der Waals surface area contributed by atoms with Crippen molar-refractivity contribution in [3.63, 3.8) is 0 Å². The van der Waals surface area contributed by atoms with Crippen LogP contribution in [0.25, 0.3) is 0 Å². The summed E-state index contributed by atoms with van der Waals surface area (Å²) in [5.41, 5.74) is -0.637. The van der Waals surface area contributed by atoms with E-state index in [0.29, 0.717) is 11.2 Å². The maximum atomic E-state index is 12.2. The second-order valence-electron chi connectivity index (χ2n) is 5.69. The number of rotatable bonds is 1. The van der Waals surface area contributed by atoms with Gasteiger partial charge < -0.3 is 14.3 Å². The maximum Gasteiger partial charge on any atom is 0.411 e. The zero-order chi connectivity index (χ0) is 15.1. The number of ether oxygens (including phenoxy) is 2. The highest BCUT2D eigenvalue weighted by molar-refractivity contribution is 9.18. The van der Waals surface area contributed by atoms with Crippen molar-refractivity contribution < 1.29 is 23.9 Å². The molecule has 0 spiro atoms. The van der Waals surface area contributed by atoms with Crippen LogP contribution in [0.1, 0.15) is 20.8 Å². The molecule has 0 radical (unpaired) electrons. The van der Waals surface area contributed by atoms with Crippen LogP contribution in [0, 0.1) is 5.92 Å². The molecule has 20 heavy (non-hydrogen) atoms. The molecule has 0 aromatic rings. The quantitative estimate of drug-likeness (QED) is 0.671. The van der Waals surface area contributed by atoms with Crippen LogP contribution in [-0.2, 0) is 19.1 Å². The Balaban J connectivity index is 2.20. The maximum absolute atomic E-state index is 12.2. The molecular formula is C12H17BrN2O5. The van der Waals surface area contributed by atoms with Gasteiger partial charge in [0.2, 0.25) is 0 Å². The van der Waals surface area contributed by atoms with E-state index in [4.69, 9.17) is 14.3 Å². The first-order valence-corrected chi connectivity index (χ1v) is 7.00. The van der Waals surface area contributed by atoms with Crippen molar-refractivity contribution in [1.82, 2.24) is 4.90 Å². The monoisotopic (exact) mass is 348 g/mol. The number of likely N-dealkylation sites (tertiary alicyclic amines) is 1. The van der Waals surface area contributed by atoms with Crippen LogP contribution in [0.5, 0.6) is 0 Å². The number of amides is 1. The summed E-state index contributed by atoms with van der Waals surface area (Å²) in [4.78, 5) is 30.7. The van der Waals surface area contributed by atoms with Gasteiger partial charge in [0.15, 0.2) is 12.1 Å². The highest BCUT2D eigenvalue weighted by Crippen LogP contribution is 2.35. The van der Waals surface area contributed by atoms with Gasteiger partial charge in [-0.05, 0) is 36.7 Å². The minimum Gasteiger partial charge on any atom is -0.467 e. The molecule has 0 aromatic carbocycles. The molecule has 3 atom stereocenters. The first-order chi connectivity index (χ1) is 9.24. The lowest BCUT2D eigenvalue weighted by molar-refractivity contribution is -0.149. The van der Waals surface area contributed by atoms with Crippen molar-refractivity contribution in [1.29, 1.82) is 0 Å². The van der Waals surface area contributed by atoms with Gasteiger partial charge in [-0.2, -0.15) is 0 Å². The van der Waals surface area contributed by atoms with Gasteiger partial charge in [-0.15, -0.1) is 0 Å². The van der Waals surface area contributed by atoms with Gasteiger partial charge in [0.1, 0.15) is 10.2 Å². The summed E-state index contributed by atoms with van der Waals surface area (Å²) >= 11 is 3.28.